The highest BCUT2D eigenvalue weighted by Gasteiger charge is 2.33. The summed E-state index contributed by atoms with van der Waals surface area (Å²) in [5.74, 6) is -0.496. The van der Waals surface area contributed by atoms with Crippen LogP contribution < -0.4 is 0 Å². The molecule has 1 unspecified atom stereocenters. The zero-order chi connectivity index (χ0) is 15.5. The third-order valence-electron chi connectivity index (χ3n) is 4.05. The van der Waals surface area contributed by atoms with Gasteiger partial charge in [0.1, 0.15) is 5.82 Å². The summed E-state index contributed by atoms with van der Waals surface area (Å²) in [5, 5.41) is 0. The van der Waals surface area contributed by atoms with E-state index in [2.05, 4.69) is 0 Å². The number of benzene rings is 1. The summed E-state index contributed by atoms with van der Waals surface area (Å²) in [4.78, 5) is 0.0119. The molecule has 0 radical (unpaired) electrons. The zero-order valence-electron chi connectivity index (χ0n) is 12.2. The van der Waals surface area contributed by atoms with Gasteiger partial charge in [-0.25, -0.2) is 12.8 Å². The fraction of sp³-hybridized carbons (Fsp3) is 0.600. The van der Waals surface area contributed by atoms with E-state index in [1.54, 1.807) is 4.31 Å². The molecular formula is C15H21ClFNO2S. The van der Waals surface area contributed by atoms with Crippen LogP contribution in [0.3, 0.4) is 0 Å². The van der Waals surface area contributed by atoms with Crippen LogP contribution in [0.4, 0.5) is 4.39 Å². The van der Waals surface area contributed by atoms with E-state index in [0.29, 0.717) is 12.1 Å². The topological polar surface area (TPSA) is 37.4 Å². The van der Waals surface area contributed by atoms with Crippen molar-refractivity contribution in [3.8, 4) is 0 Å². The summed E-state index contributed by atoms with van der Waals surface area (Å²) in [6, 6.07) is 3.78. The molecule has 1 fully saturated rings. The van der Waals surface area contributed by atoms with Crippen LogP contribution in [0, 0.1) is 5.82 Å². The van der Waals surface area contributed by atoms with E-state index in [9.17, 15) is 12.8 Å². The normalized spacial score (nSPS) is 21.2. The fourth-order valence-electron chi connectivity index (χ4n) is 2.88. The lowest BCUT2D eigenvalue weighted by atomic mass is 10.1. The first-order chi connectivity index (χ1) is 10.0. The maximum absolute atomic E-state index is 13.5. The second kappa shape index (κ2) is 7.07. The monoisotopic (exact) mass is 333 g/mol. The minimum atomic E-state index is -3.70. The Morgan fingerprint density at radius 2 is 2.10 bits per heavy atom. The van der Waals surface area contributed by atoms with Gasteiger partial charge in [0.2, 0.25) is 10.0 Å². The molecule has 0 aliphatic carbocycles. The van der Waals surface area contributed by atoms with E-state index < -0.39 is 15.8 Å². The van der Waals surface area contributed by atoms with Gasteiger partial charge in [-0.1, -0.05) is 25.8 Å². The van der Waals surface area contributed by atoms with Crippen LogP contribution >= 0.6 is 11.6 Å². The van der Waals surface area contributed by atoms with Crippen molar-refractivity contribution in [3.63, 3.8) is 0 Å². The van der Waals surface area contributed by atoms with Crippen LogP contribution in [0.15, 0.2) is 23.1 Å². The number of sulfonamides is 1. The molecule has 1 aromatic rings. The molecule has 6 heteroatoms. The van der Waals surface area contributed by atoms with E-state index in [4.69, 9.17) is 11.6 Å². The number of alkyl halides is 1. The van der Waals surface area contributed by atoms with Gasteiger partial charge < -0.3 is 0 Å². The minimum Gasteiger partial charge on any atom is -0.207 e. The first-order valence-corrected chi connectivity index (χ1v) is 9.34. The third kappa shape index (κ3) is 3.58. The Kier molecular flexibility index (Phi) is 5.63. The molecule has 1 heterocycles. The predicted octanol–water partition coefficient (Wildman–Crippen LogP) is 3.91. The third-order valence-corrected chi connectivity index (χ3v) is 6.38. The molecule has 0 bridgehead atoms. The van der Waals surface area contributed by atoms with Gasteiger partial charge in [0.05, 0.1) is 4.90 Å². The van der Waals surface area contributed by atoms with Gasteiger partial charge in [-0.05, 0) is 37.0 Å². The van der Waals surface area contributed by atoms with Gasteiger partial charge in [-0.2, -0.15) is 4.31 Å². The molecule has 0 aromatic heterocycles. The van der Waals surface area contributed by atoms with Crippen molar-refractivity contribution < 1.29 is 12.8 Å². The number of nitrogens with zero attached hydrogens (tertiary/aromatic N) is 1. The molecule has 1 aliphatic rings. The zero-order valence-corrected chi connectivity index (χ0v) is 13.8. The van der Waals surface area contributed by atoms with E-state index in [1.807, 2.05) is 6.92 Å². The summed E-state index contributed by atoms with van der Waals surface area (Å²) in [5.41, 5.74) is 0.456. The SMILES string of the molecule is CCC1CCCCCN1S(=O)(=O)c1cc(F)ccc1CCl. The Labute approximate surface area is 131 Å². The highest BCUT2D eigenvalue weighted by Crippen LogP contribution is 2.29. The lowest BCUT2D eigenvalue weighted by Gasteiger charge is -2.29. The number of halogens is 2. The Balaban J connectivity index is 2.46. The maximum Gasteiger partial charge on any atom is 0.243 e. The van der Waals surface area contributed by atoms with Crippen molar-refractivity contribution in [2.24, 2.45) is 0 Å². The summed E-state index contributed by atoms with van der Waals surface area (Å²) in [6.07, 6.45) is 4.55. The van der Waals surface area contributed by atoms with Crippen LogP contribution in [0.5, 0.6) is 0 Å². The van der Waals surface area contributed by atoms with Gasteiger partial charge in [-0.15, -0.1) is 11.6 Å². The van der Waals surface area contributed by atoms with Crippen LogP contribution in [0.2, 0.25) is 0 Å². The van der Waals surface area contributed by atoms with E-state index >= 15 is 0 Å². The Morgan fingerprint density at radius 3 is 2.76 bits per heavy atom. The summed E-state index contributed by atoms with van der Waals surface area (Å²) in [7, 11) is -3.70. The molecule has 1 atom stereocenters. The lowest BCUT2D eigenvalue weighted by molar-refractivity contribution is 0.314. The second-order valence-corrected chi connectivity index (χ2v) is 7.54. The minimum absolute atomic E-state index is 0.0102. The average Bonchev–Trinajstić information content (AvgIpc) is 2.72. The highest BCUT2D eigenvalue weighted by atomic mass is 35.5. The molecule has 0 N–H and O–H groups in total. The predicted molar refractivity (Wildman–Crippen MR) is 82.4 cm³/mol. The average molecular weight is 334 g/mol. The standard InChI is InChI=1S/C15H21ClFNO2S/c1-2-14-6-4-3-5-9-18(14)21(19,20)15-10-13(17)8-7-12(15)11-16/h7-8,10,14H,2-6,9,11H2,1H3. The first kappa shape index (κ1) is 16.7. The van der Waals surface area contributed by atoms with E-state index in [0.717, 1.165) is 38.2 Å². The first-order valence-electron chi connectivity index (χ1n) is 7.37. The van der Waals surface area contributed by atoms with Crippen molar-refractivity contribution >= 4 is 21.6 Å². The highest BCUT2D eigenvalue weighted by molar-refractivity contribution is 7.89. The van der Waals surface area contributed by atoms with Gasteiger partial charge in [0.15, 0.2) is 0 Å². The Morgan fingerprint density at radius 1 is 1.33 bits per heavy atom. The van der Waals surface area contributed by atoms with E-state index in [-0.39, 0.29) is 16.8 Å². The van der Waals surface area contributed by atoms with Crippen molar-refractivity contribution in [1.29, 1.82) is 0 Å². The van der Waals surface area contributed by atoms with Gasteiger partial charge in [0, 0.05) is 18.5 Å². The van der Waals surface area contributed by atoms with Crippen LogP contribution in [0.1, 0.15) is 44.6 Å². The fourth-order valence-corrected chi connectivity index (χ4v) is 5.19. The number of hydrogen-bond donors (Lipinski definition) is 0. The Bertz CT molecular complexity index is 591. The molecule has 0 saturated carbocycles. The summed E-state index contributed by atoms with van der Waals surface area (Å²) in [6.45, 7) is 2.49. The number of hydrogen-bond acceptors (Lipinski definition) is 2. The molecular weight excluding hydrogens is 313 g/mol. The van der Waals surface area contributed by atoms with Gasteiger partial charge in [0.25, 0.3) is 0 Å². The smallest absolute Gasteiger partial charge is 0.207 e. The summed E-state index contributed by atoms with van der Waals surface area (Å²) < 4.78 is 40.9. The summed E-state index contributed by atoms with van der Waals surface area (Å²) >= 11 is 5.83. The van der Waals surface area contributed by atoms with Crippen molar-refractivity contribution in [2.45, 2.75) is 55.8 Å². The largest absolute Gasteiger partial charge is 0.243 e. The molecule has 118 valence electrons. The van der Waals surface area contributed by atoms with Gasteiger partial charge in [-0.3, -0.25) is 0 Å². The molecule has 2 rings (SSSR count). The lowest BCUT2D eigenvalue weighted by Crippen LogP contribution is -2.40. The van der Waals surface area contributed by atoms with Crippen molar-refractivity contribution in [2.75, 3.05) is 6.54 Å². The molecule has 3 nitrogen and oxygen atoms in total. The molecule has 1 aliphatic heterocycles. The molecule has 0 spiro atoms. The second-order valence-electron chi connectivity index (χ2n) is 5.41. The molecule has 0 amide bonds. The van der Waals surface area contributed by atoms with Crippen molar-refractivity contribution in [1.82, 2.24) is 4.31 Å². The van der Waals surface area contributed by atoms with Gasteiger partial charge >= 0.3 is 0 Å². The Hall–Kier alpha value is -0.650. The van der Waals surface area contributed by atoms with Crippen molar-refractivity contribution in [3.05, 3.63) is 29.6 Å². The molecule has 21 heavy (non-hydrogen) atoms. The number of rotatable bonds is 4. The quantitative estimate of drug-likeness (QED) is 0.783. The molecule has 1 saturated heterocycles. The van der Waals surface area contributed by atoms with E-state index in [1.165, 1.54) is 12.1 Å². The molecule has 1 aromatic carbocycles. The van der Waals surface area contributed by atoms with Crippen LogP contribution in [-0.4, -0.2) is 25.3 Å². The maximum atomic E-state index is 13.5. The van der Waals surface area contributed by atoms with Crippen LogP contribution in [-0.2, 0) is 15.9 Å². The van der Waals surface area contributed by atoms with Crippen LogP contribution in [0.25, 0.3) is 0 Å².